The Bertz CT molecular complexity index is 547. The zero-order valence-corrected chi connectivity index (χ0v) is 18.1. The Kier molecular flexibility index (Phi) is 10.0. The lowest BCUT2D eigenvalue weighted by Crippen LogP contribution is -2.43. The first-order valence-electron chi connectivity index (χ1n) is 11.0. The molecule has 0 aromatic heterocycles. The van der Waals surface area contributed by atoms with Gasteiger partial charge in [0, 0.05) is 13.1 Å². The molecule has 1 heterocycles. The number of nitrogens with one attached hydrogen (secondary N) is 3. The second kappa shape index (κ2) is 12.2. The van der Waals surface area contributed by atoms with E-state index in [2.05, 4.69) is 20.9 Å². The van der Waals surface area contributed by atoms with Gasteiger partial charge in [-0.05, 0) is 70.9 Å². The van der Waals surface area contributed by atoms with E-state index in [-0.39, 0.29) is 6.04 Å². The molecule has 0 radical (unpaired) electrons. The van der Waals surface area contributed by atoms with Crippen molar-refractivity contribution in [1.29, 1.82) is 0 Å². The van der Waals surface area contributed by atoms with Crippen LogP contribution in [0, 0.1) is 11.8 Å². The number of alkyl carbamates (subject to hydrolysis) is 1. The maximum absolute atomic E-state index is 12.5. The van der Waals surface area contributed by atoms with E-state index in [0.717, 1.165) is 45.2 Å². The summed E-state index contributed by atoms with van der Waals surface area (Å²) in [7, 11) is 0. The topological polar surface area (TPSA) is 78.0 Å². The fourth-order valence-electron chi connectivity index (χ4n) is 3.75. The summed E-state index contributed by atoms with van der Waals surface area (Å²) in [5.74, 6) is 1.57. The van der Waals surface area contributed by atoms with Gasteiger partial charge < -0.3 is 20.7 Å². The summed E-state index contributed by atoms with van der Waals surface area (Å²) in [4.78, 5) is 17.8. The fraction of sp³-hybridized carbons (Fsp3) is 0.900. The average Bonchev–Trinajstić information content (AvgIpc) is 3.50. The Morgan fingerprint density at radius 1 is 1.17 bits per heavy atom. The fourth-order valence-corrected chi connectivity index (χ4v) is 3.75. The molecule has 174 valence electrons. The quantitative estimate of drug-likeness (QED) is 0.363. The molecular formula is C20H36F3N5O2. The molecule has 3 N–H and O–H groups in total. The highest BCUT2D eigenvalue weighted by Crippen LogP contribution is 2.32. The van der Waals surface area contributed by atoms with Crippen molar-refractivity contribution < 1.29 is 22.7 Å². The van der Waals surface area contributed by atoms with Crippen LogP contribution >= 0.6 is 0 Å². The molecule has 0 spiro atoms. The summed E-state index contributed by atoms with van der Waals surface area (Å²) >= 11 is 0. The Hall–Kier alpha value is -1.71. The van der Waals surface area contributed by atoms with Gasteiger partial charge in [0.15, 0.2) is 5.96 Å². The number of nitrogens with zero attached hydrogens (tertiary/aromatic N) is 2. The van der Waals surface area contributed by atoms with E-state index in [0.29, 0.717) is 44.0 Å². The van der Waals surface area contributed by atoms with E-state index in [9.17, 15) is 18.0 Å². The molecule has 1 unspecified atom stereocenters. The molecule has 2 rings (SSSR count). The van der Waals surface area contributed by atoms with Crippen LogP contribution in [0.4, 0.5) is 18.0 Å². The molecule has 2 fully saturated rings. The van der Waals surface area contributed by atoms with E-state index >= 15 is 0 Å². The van der Waals surface area contributed by atoms with E-state index in [4.69, 9.17) is 4.74 Å². The zero-order valence-electron chi connectivity index (χ0n) is 18.1. The molecule has 1 aliphatic carbocycles. The van der Waals surface area contributed by atoms with Crippen molar-refractivity contribution in [3.05, 3.63) is 0 Å². The Balaban J connectivity index is 1.72. The maximum atomic E-state index is 12.5. The molecule has 2 aliphatic rings. The van der Waals surface area contributed by atoms with Gasteiger partial charge >= 0.3 is 12.3 Å². The summed E-state index contributed by atoms with van der Waals surface area (Å²) in [6.07, 6.45) is 0.132. The number of guanidine groups is 1. The number of carbonyl (C=O) groups is 1. The number of piperidine rings is 1. The highest BCUT2D eigenvalue weighted by atomic mass is 19.4. The minimum atomic E-state index is -4.12. The number of rotatable bonds is 10. The van der Waals surface area contributed by atoms with Crippen LogP contribution in [0.15, 0.2) is 4.99 Å². The van der Waals surface area contributed by atoms with Crippen LogP contribution in [0.3, 0.4) is 0 Å². The summed E-state index contributed by atoms with van der Waals surface area (Å²) in [5.41, 5.74) is 0. The highest BCUT2D eigenvalue weighted by Gasteiger charge is 2.33. The first-order valence-corrected chi connectivity index (χ1v) is 11.0. The molecule has 1 aliphatic heterocycles. The molecule has 1 saturated carbocycles. The number of carbonyl (C=O) groups excluding carboxylic acids is 1. The number of aliphatic imine (C=N–C) groups is 1. The van der Waals surface area contributed by atoms with E-state index in [1.807, 2.05) is 6.92 Å². The zero-order chi connectivity index (χ0) is 22.0. The third-order valence-corrected chi connectivity index (χ3v) is 5.52. The second-order valence-electron chi connectivity index (χ2n) is 8.08. The summed E-state index contributed by atoms with van der Waals surface area (Å²) < 4.78 is 42.4. The largest absolute Gasteiger partial charge is 0.450 e. The maximum Gasteiger partial charge on any atom is 0.407 e. The number of halogens is 3. The number of hydrogen-bond acceptors (Lipinski definition) is 4. The van der Waals surface area contributed by atoms with Gasteiger partial charge in [0.2, 0.25) is 0 Å². The molecule has 10 heteroatoms. The van der Waals surface area contributed by atoms with Gasteiger partial charge in [0.05, 0.1) is 25.7 Å². The number of hydrogen-bond donors (Lipinski definition) is 3. The minimum absolute atomic E-state index is 0.0301. The monoisotopic (exact) mass is 435 g/mol. The normalized spacial score (nSPS) is 20.0. The lowest BCUT2D eigenvalue weighted by molar-refractivity contribution is -0.148. The SMILES string of the molecule is CCNC(=NCC(NC(=O)OCC)C1CC1)NCCC1CCN(CC(F)(F)F)CC1. The van der Waals surface area contributed by atoms with Crippen LogP contribution in [-0.4, -0.2) is 75.0 Å². The molecule has 30 heavy (non-hydrogen) atoms. The smallest absolute Gasteiger partial charge is 0.407 e. The van der Waals surface area contributed by atoms with Gasteiger partial charge in [-0.2, -0.15) is 13.2 Å². The molecular weight excluding hydrogens is 399 g/mol. The number of alkyl halides is 3. The van der Waals surface area contributed by atoms with Crippen molar-refractivity contribution in [2.45, 2.75) is 58.2 Å². The Morgan fingerprint density at radius 3 is 2.43 bits per heavy atom. The van der Waals surface area contributed by atoms with Crippen molar-refractivity contribution >= 4 is 12.1 Å². The van der Waals surface area contributed by atoms with Crippen LogP contribution in [0.2, 0.25) is 0 Å². The minimum Gasteiger partial charge on any atom is -0.450 e. The van der Waals surface area contributed by atoms with Crippen LogP contribution in [0.5, 0.6) is 0 Å². The lowest BCUT2D eigenvalue weighted by atomic mass is 9.93. The second-order valence-corrected chi connectivity index (χ2v) is 8.08. The van der Waals surface area contributed by atoms with Gasteiger partial charge in [0.25, 0.3) is 0 Å². The molecule has 1 amide bonds. The van der Waals surface area contributed by atoms with Crippen LogP contribution in [0.25, 0.3) is 0 Å². The average molecular weight is 436 g/mol. The van der Waals surface area contributed by atoms with Crippen molar-refractivity contribution in [3.8, 4) is 0 Å². The Labute approximate surface area is 177 Å². The van der Waals surface area contributed by atoms with Crippen LogP contribution in [-0.2, 0) is 4.74 Å². The van der Waals surface area contributed by atoms with Crippen LogP contribution < -0.4 is 16.0 Å². The van der Waals surface area contributed by atoms with Crippen molar-refractivity contribution in [3.63, 3.8) is 0 Å². The molecule has 1 saturated heterocycles. The van der Waals surface area contributed by atoms with Crippen molar-refractivity contribution in [1.82, 2.24) is 20.9 Å². The third kappa shape index (κ3) is 9.86. The third-order valence-electron chi connectivity index (χ3n) is 5.52. The molecule has 0 aromatic rings. The van der Waals surface area contributed by atoms with E-state index < -0.39 is 18.8 Å². The van der Waals surface area contributed by atoms with Gasteiger partial charge in [-0.1, -0.05) is 0 Å². The van der Waals surface area contributed by atoms with Crippen molar-refractivity contribution in [2.75, 3.05) is 45.9 Å². The van der Waals surface area contributed by atoms with Gasteiger partial charge in [-0.3, -0.25) is 9.89 Å². The summed E-state index contributed by atoms with van der Waals surface area (Å²) in [5, 5.41) is 9.42. The lowest BCUT2D eigenvalue weighted by Gasteiger charge is -2.32. The predicted octanol–water partition coefficient (Wildman–Crippen LogP) is 2.73. The predicted molar refractivity (Wildman–Crippen MR) is 110 cm³/mol. The van der Waals surface area contributed by atoms with Gasteiger partial charge in [0.1, 0.15) is 0 Å². The molecule has 7 nitrogen and oxygen atoms in total. The van der Waals surface area contributed by atoms with Gasteiger partial charge in [-0.15, -0.1) is 0 Å². The van der Waals surface area contributed by atoms with Gasteiger partial charge in [-0.25, -0.2) is 4.79 Å². The summed E-state index contributed by atoms with van der Waals surface area (Å²) in [6.45, 7) is 6.22. The molecule has 0 bridgehead atoms. The van der Waals surface area contributed by atoms with Crippen LogP contribution in [0.1, 0.15) is 46.0 Å². The van der Waals surface area contributed by atoms with E-state index in [1.165, 1.54) is 4.90 Å². The van der Waals surface area contributed by atoms with E-state index in [1.54, 1.807) is 6.92 Å². The number of amides is 1. The molecule has 1 atom stereocenters. The first-order chi connectivity index (χ1) is 14.3. The number of likely N-dealkylation sites (tertiary alicyclic amines) is 1. The highest BCUT2D eigenvalue weighted by molar-refractivity contribution is 5.79. The first kappa shape index (κ1) is 24.6. The summed E-state index contributed by atoms with van der Waals surface area (Å²) in [6, 6.07) is -0.0301. The Morgan fingerprint density at radius 2 is 1.87 bits per heavy atom. The standard InChI is InChI=1S/C20H36F3N5O2/c1-3-24-18(26-13-17(16-5-6-16)27-19(29)30-4-2)25-10-7-15-8-11-28(12-9-15)14-20(21,22)23/h15-17H,3-14H2,1-2H3,(H,27,29)(H2,24,25,26). The number of ether oxygens (including phenoxy) is 1. The molecule has 0 aromatic carbocycles. The van der Waals surface area contributed by atoms with Crippen molar-refractivity contribution in [2.24, 2.45) is 16.8 Å².